The van der Waals surface area contributed by atoms with Crippen LogP contribution in [0.3, 0.4) is 0 Å². The number of allylic oxidation sites excluding steroid dienone is 1. The number of halogens is 1. The van der Waals surface area contributed by atoms with Crippen molar-refractivity contribution >= 4 is 35.0 Å². The summed E-state index contributed by atoms with van der Waals surface area (Å²) >= 11 is 7.52. The van der Waals surface area contributed by atoms with Crippen LogP contribution in [0.5, 0.6) is 11.5 Å². The van der Waals surface area contributed by atoms with E-state index in [1.54, 1.807) is 37.7 Å². The van der Waals surface area contributed by atoms with Crippen LogP contribution in [0.4, 0.5) is 0 Å². The van der Waals surface area contributed by atoms with E-state index in [2.05, 4.69) is 4.99 Å². The molecule has 40 heavy (non-hydrogen) atoms. The Morgan fingerprint density at radius 1 is 1.07 bits per heavy atom. The average molecular weight is 575 g/mol. The molecule has 5 rings (SSSR count). The van der Waals surface area contributed by atoms with Crippen molar-refractivity contribution in [3.63, 3.8) is 0 Å². The zero-order valence-electron chi connectivity index (χ0n) is 22.2. The molecule has 0 amide bonds. The van der Waals surface area contributed by atoms with Crippen molar-refractivity contribution < 1.29 is 19.0 Å². The molecule has 204 valence electrons. The molecule has 0 fully saturated rings. The molecule has 0 unspecified atom stereocenters. The first-order valence-corrected chi connectivity index (χ1v) is 13.9. The van der Waals surface area contributed by atoms with Gasteiger partial charge in [-0.05, 0) is 49.2 Å². The van der Waals surface area contributed by atoms with Gasteiger partial charge < -0.3 is 14.2 Å². The van der Waals surface area contributed by atoms with Gasteiger partial charge in [0.2, 0.25) is 0 Å². The maximum absolute atomic E-state index is 13.8. The van der Waals surface area contributed by atoms with E-state index in [1.165, 1.54) is 11.3 Å². The number of ether oxygens (including phenoxy) is 3. The predicted octanol–water partition coefficient (Wildman–Crippen LogP) is 5.04. The van der Waals surface area contributed by atoms with E-state index in [1.807, 2.05) is 66.7 Å². The van der Waals surface area contributed by atoms with Gasteiger partial charge in [0.25, 0.3) is 5.56 Å². The lowest BCUT2D eigenvalue weighted by atomic mass is 9.96. The van der Waals surface area contributed by atoms with Crippen molar-refractivity contribution in [2.45, 2.75) is 26.5 Å². The smallest absolute Gasteiger partial charge is 0.338 e. The quantitative estimate of drug-likeness (QED) is 0.276. The Kier molecular flexibility index (Phi) is 8.19. The van der Waals surface area contributed by atoms with Crippen molar-refractivity contribution in [2.75, 3.05) is 13.7 Å². The topological polar surface area (TPSA) is 79.1 Å². The molecule has 4 aromatic rings. The second-order valence-corrected chi connectivity index (χ2v) is 10.4. The van der Waals surface area contributed by atoms with Gasteiger partial charge in [0, 0.05) is 10.6 Å². The molecule has 1 aliphatic heterocycles. The van der Waals surface area contributed by atoms with Crippen LogP contribution in [-0.4, -0.2) is 24.3 Å². The molecule has 0 bridgehead atoms. The largest absolute Gasteiger partial charge is 0.493 e. The number of esters is 1. The zero-order chi connectivity index (χ0) is 28.2. The fourth-order valence-corrected chi connectivity index (χ4v) is 5.79. The standard InChI is InChI=1S/C31H27ClN2O5S/c1-4-38-30(36)27-19(2)33-31-34(28(27)21-10-6-5-7-11-21)29(35)26(40-31)17-20-14-15-24(25(16-20)37-3)39-18-22-12-8-9-13-23(22)32/h5-17,28H,4,18H2,1-3H3/b26-17-/t28-/m0/s1. The number of benzene rings is 3. The van der Waals surface area contributed by atoms with Gasteiger partial charge in [-0.1, -0.05) is 77.5 Å². The Balaban J connectivity index is 1.54. The number of hydrogen-bond donors (Lipinski definition) is 0. The number of hydrogen-bond acceptors (Lipinski definition) is 7. The van der Waals surface area contributed by atoms with E-state index in [0.29, 0.717) is 37.1 Å². The minimum Gasteiger partial charge on any atom is -0.493 e. The van der Waals surface area contributed by atoms with E-state index in [-0.39, 0.29) is 18.8 Å². The molecular formula is C31H27ClN2O5S. The van der Waals surface area contributed by atoms with Gasteiger partial charge in [-0.2, -0.15) is 0 Å². The third-order valence-electron chi connectivity index (χ3n) is 6.46. The molecule has 0 N–H and O–H groups in total. The minimum atomic E-state index is -0.645. The lowest BCUT2D eigenvalue weighted by Gasteiger charge is -2.24. The van der Waals surface area contributed by atoms with Gasteiger partial charge in [0.15, 0.2) is 16.3 Å². The number of thiazole rings is 1. The highest BCUT2D eigenvalue weighted by molar-refractivity contribution is 7.07. The lowest BCUT2D eigenvalue weighted by molar-refractivity contribution is -0.139. The van der Waals surface area contributed by atoms with Crippen LogP contribution in [0.25, 0.3) is 6.08 Å². The summed E-state index contributed by atoms with van der Waals surface area (Å²) in [7, 11) is 1.56. The summed E-state index contributed by atoms with van der Waals surface area (Å²) in [5, 5.41) is 0.628. The Hall–Kier alpha value is -4.14. The molecule has 0 aliphatic carbocycles. The van der Waals surface area contributed by atoms with Crippen LogP contribution < -0.4 is 24.4 Å². The molecular weight excluding hydrogens is 548 g/mol. The maximum Gasteiger partial charge on any atom is 0.338 e. The number of nitrogens with zero attached hydrogens (tertiary/aromatic N) is 2. The predicted molar refractivity (Wildman–Crippen MR) is 156 cm³/mol. The molecule has 2 heterocycles. The van der Waals surface area contributed by atoms with E-state index in [9.17, 15) is 9.59 Å². The number of aromatic nitrogens is 1. The molecule has 0 radical (unpaired) electrons. The molecule has 1 aromatic heterocycles. The number of fused-ring (bicyclic) bond motifs is 1. The molecule has 9 heteroatoms. The monoisotopic (exact) mass is 574 g/mol. The third-order valence-corrected chi connectivity index (χ3v) is 7.81. The number of rotatable bonds is 8. The van der Waals surface area contributed by atoms with Crippen LogP contribution in [0.2, 0.25) is 5.02 Å². The summed E-state index contributed by atoms with van der Waals surface area (Å²) in [6.07, 6.45) is 1.79. The van der Waals surface area contributed by atoms with Crippen molar-refractivity contribution in [3.05, 3.63) is 125 Å². The second kappa shape index (κ2) is 11.9. The first-order valence-electron chi connectivity index (χ1n) is 12.7. The molecule has 3 aromatic carbocycles. The average Bonchev–Trinajstić information content (AvgIpc) is 3.26. The van der Waals surface area contributed by atoms with Crippen molar-refractivity contribution in [1.82, 2.24) is 4.57 Å². The van der Waals surface area contributed by atoms with Crippen molar-refractivity contribution in [1.29, 1.82) is 0 Å². The van der Waals surface area contributed by atoms with Gasteiger partial charge in [0.05, 0.1) is 35.6 Å². The van der Waals surface area contributed by atoms with Crippen LogP contribution in [-0.2, 0) is 16.1 Å². The van der Waals surface area contributed by atoms with Crippen LogP contribution in [0.15, 0.2) is 93.9 Å². The number of carbonyl (C=O) groups is 1. The Labute approximate surface area is 240 Å². The van der Waals surface area contributed by atoms with Crippen molar-refractivity contribution in [2.24, 2.45) is 4.99 Å². The highest BCUT2D eigenvalue weighted by Crippen LogP contribution is 2.31. The molecule has 0 saturated heterocycles. The summed E-state index contributed by atoms with van der Waals surface area (Å²) in [6, 6.07) is 21.7. The number of carbonyl (C=O) groups excluding carboxylic acids is 1. The maximum atomic E-state index is 13.8. The molecule has 0 saturated carbocycles. The molecule has 1 aliphatic rings. The summed E-state index contributed by atoms with van der Waals surface area (Å²) < 4.78 is 18.9. The molecule has 0 spiro atoms. The van der Waals surface area contributed by atoms with Crippen molar-refractivity contribution in [3.8, 4) is 11.5 Å². The third kappa shape index (κ3) is 5.46. The van der Waals surface area contributed by atoms with Crippen LogP contribution in [0, 0.1) is 0 Å². The highest BCUT2D eigenvalue weighted by Gasteiger charge is 2.33. The second-order valence-electron chi connectivity index (χ2n) is 9.00. The zero-order valence-corrected chi connectivity index (χ0v) is 23.8. The summed E-state index contributed by atoms with van der Waals surface area (Å²) in [5.41, 5.74) is 3.06. The first kappa shape index (κ1) is 27.4. The SMILES string of the molecule is CCOC(=O)C1=C(C)N=c2s/c(=C\c3ccc(OCc4ccccc4Cl)c(OC)c3)c(=O)n2[C@H]1c1ccccc1. The van der Waals surface area contributed by atoms with Crippen LogP contribution in [0.1, 0.15) is 36.6 Å². The van der Waals surface area contributed by atoms with Crippen LogP contribution >= 0.6 is 22.9 Å². The molecule has 1 atom stereocenters. The molecule has 7 nitrogen and oxygen atoms in total. The van der Waals surface area contributed by atoms with Gasteiger partial charge in [-0.25, -0.2) is 9.79 Å². The van der Waals surface area contributed by atoms with Gasteiger partial charge >= 0.3 is 5.97 Å². The first-order chi connectivity index (χ1) is 19.4. The minimum absolute atomic E-state index is 0.224. The summed E-state index contributed by atoms with van der Waals surface area (Å²) in [5.74, 6) is 0.597. The fraction of sp³-hybridized carbons (Fsp3) is 0.194. The summed E-state index contributed by atoms with van der Waals surface area (Å²) in [4.78, 5) is 31.9. The number of methoxy groups -OCH3 is 1. The Bertz CT molecular complexity index is 1780. The normalized spacial score (nSPS) is 14.9. The van der Waals surface area contributed by atoms with Gasteiger partial charge in [0.1, 0.15) is 6.61 Å². The Morgan fingerprint density at radius 2 is 1.82 bits per heavy atom. The van der Waals surface area contributed by atoms with Gasteiger partial charge in [-0.3, -0.25) is 9.36 Å². The lowest BCUT2D eigenvalue weighted by Crippen LogP contribution is -2.39. The summed E-state index contributed by atoms with van der Waals surface area (Å²) in [6.45, 7) is 4.03. The van der Waals surface area contributed by atoms with E-state index < -0.39 is 12.0 Å². The van der Waals surface area contributed by atoms with E-state index in [4.69, 9.17) is 25.8 Å². The Morgan fingerprint density at radius 3 is 2.55 bits per heavy atom. The fourth-order valence-electron chi connectivity index (χ4n) is 4.56. The van der Waals surface area contributed by atoms with Gasteiger partial charge in [-0.15, -0.1) is 0 Å². The van der Waals surface area contributed by atoms with E-state index in [0.717, 1.165) is 16.7 Å². The highest BCUT2D eigenvalue weighted by atomic mass is 35.5. The van der Waals surface area contributed by atoms with E-state index >= 15 is 0 Å².